The monoisotopic (exact) mass is 251 g/mol. The van der Waals surface area contributed by atoms with Gasteiger partial charge in [0, 0.05) is 32.8 Å². The van der Waals surface area contributed by atoms with E-state index in [1.54, 1.807) is 19.3 Å². The van der Waals surface area contributed by atoms with Gasteiger partial charge in [0.25, 0.3) is 0 Å². The lowest BCUT2D eigenvalue weighted by molar-refractivity contribution is -0.120. The minimum absolute atomic E-state index is 0.00502. The Morgan fingerprint density at radius 2 is 2.39 bits per heavy atom. The zero-order chi connectivity index (χ0) is 13.4. The molecule has 0 spiro atoms. The second-order valence-electron chi connectivity index (χ2n) is 3.63. The Bertz CT molecular complexity index is 433. The number of aromatic nitrogens is 1. The summed E-state index contributed by atoms with van der Waals surface area (Å²) in [4.78, 5) is 15.0. The number of amides is 1. The summed E-state index contributed by atoms with van der Waals surface area (Å²) in [6.07, 6.45) is 2.01. The molecule has 0 aliphatic carbocycles. The number of hydrogen-bond donors (Lipinski definition) is 4. The van der Waals surface area contributed by atoms with E-state index in [4.69, 9.17) is 10.9 Å². The van der Waals surface area contributed by atoms with E-state index in [-0.39, 0.29) is 11.7 Å². The fourth-order valence-electron chi connectivity index (χ4n) is 1.34. The van der Waals surface area contributed by atoms with Gasteiger partial charge in [-0.15, -0.1) is 0 Å². The van der Waals surface area contributed by atoms with Gasteiger partial charge in [-0.25, -0.2) is 0 Å². The number of rotatable bonds is 6. The molecule has 1 aromatic heterocycles. The summed E-state index contributed by atoms with van der Waals surface area (Å²) in [6, 6.07) is 3.54. The Kier molecular flexibility index (Phi) is 5.59. The Hall–Kier alpha value is -2.15. The fraction of sp³-hybridized carbons (Fsp3) is 0.364. The summed E-state index contributed by atoms with van der Waals surface area (Å²) in [6.45, 7) is 1.17. The van der Waals surface area contributed by atoms with Crippen LogP contribution in [0.5, 0.6) is 0 Å². The van der Waals surface area contributed by atoms with Crippen LogP contribution >= 0.6 is 0 Å². The van der Waals surface area contributed by atoms with Crippen molar-refractivity contribution in [3.63, 3.8) is 0 Å². The number of carbonyl (C=O) groups is 1. The van der Waals surface area contributed by atoms with E-state index >= 15 is 0 Å². The third kappa shape index (κ3) is 4.38. The molecule has 7 nitrogen and oxygen atoms in total. The number of hydrogen-bond acceptors (Lipinski definition) is 5. The molecule has 1 amide bonds. The van der Waals surface area contributed by atoms with Crippen LogP contribution in [-0.4, -0.2) is 35.5 Å². The van der Waals surface area contributed by atoms with Crippen molar-refractivity contribution >= 4 is 11.7 Å². The van der Waals surface area contributed by atoms with Gasteiger partial charge in [-0.1, -0.05) is 5.16 Å². The average Bonchev–Trinajstić information content (AvgIpc) is 2.42. The van der Waals surface area contributed by atoms with Crippen molar-refractivity contribution in [3.8, 4) is 0 Å². The zero-order valence-electron chi connectivity index (χ0n) is 10.2. The lowest BCUT2D eigenvalue weighted by Crippen LogP contribution is -2.24. The van der Waals surface area contributed by atoms with Crippen molar-refractivity contribution in [1.82, 2.24) is 15.6 Å². The van der Waals surface area contributed by atoms with Crippen molar-refractivity contribution in [2.75, 3.05) is 13.6 Å². The quantitative estimate of drug-likeness (QED) is 0.177. The lowest BCUT2D eigenvalue weighted by atomic mass is 10.2. The van der Waals surface area contributed by atoms with Crippen LogP contribution < -0.4 is 16.4 Å². The van der Waals surface area contributed by atoms with Gasteiger partial charge in [0.05, 0.1) is 0 Å². The van der Waals surface area contributed by atoms with E-state index in [9.17, 15) is 4.79 Å². The first-order valence-electron chi connectivity index (χ1n) is 5.51. The molecule has 1 heterocycles. The third-order valence-electron chi connectivity index (χ3n) is 2.33. The molecule has 18 heavy (non-hydrogen) atoms. The van der Waals surface area contributed by atoms with E-state index in [1.165, 1.54) is 0 Å². The highest BCUT2D eigenvalue weighted by atomic mass is 16.4. The average molecular weight is 251 g/mol. The number of nitrogens with one attached hydrogen (secondary N) is 2. The molecule has 0 saturated carbocycles. The summed E-state index contributed by atoms with van der Waals surface area (Å²) in [7, 11) is 1.61. The van der Waals surface area contributed by atoms with E-state index < -0.39 is 0 Å². The van der Waals surface area contributed by atoms with Gasteiger partial charge in [0.2, 0.25) is 5.91 Å². The largest absolute Gasteiger partial charge is 0.409 e. The molecule has 0 aliphatic heterocycles. The van der Waals surface area contributed by atoms with Crippen molar-refractivity contribution in [1.29, 1.82) is 0 Å². The second-order valence-corrected chi connectivity index (χ2v) is 3.63. The summed E-state index contributed by atoms with van der Waals surface area (Å²) in [5.74, 6) is -0.0308. The van der Waals surface area contributed by atoms with Gasteiger partial charge >= 0.3 is 0 Å². The van der Waals surface area contributed by atoms with E-state index in [1.807, 2.05) is 6.07 Å². The third-order valence-corrected chi connectivity index (χ3v) is 2.33. The van der Waals surface area contributed by atoms with Crippen LogP contribution in [0.1, 0.15) is 17.7 Å². The van der Waals surface area contributed by atoms with Crippen LogP contribution in [-0.2, 0) is 11.3 Å². The van der Waals surface area contributed by atoms with Gasteiger partial charge in [-0.3, -0.25) is 9.78 Å². The molecule has 5 N–H and O–H groups in total. The molecular weight excluding hydrogens is 234 g/mol. The molecule has 0 atom stereocenters. The molecule has 0 bridgehead atoms. The maximum atomic E-state index is 11.0. The standard InChI is InChI=1S/C11H17N5O2/c1-13-10(17)3-4-14-7-8-2-5-15-9(6-8)11(12)16-18/h2,5-6,14,18H,3-4,7H2,1H3,(H2,12,16)(H,13,17). The van der Waals surface area contributed by atoms with Crippen LogP contribution in [0.2, 0.25) is 0 Å². The molecule has 0 radical (unpaired) electrons. The van der Waals surface area contributed by atoms with Crippen LogP contribution in [0.3, 0.4) is 0 Å². The molecule has 7 heteroatoms. The number of pyridine rings is 1. The summed E-state index contributed by atoms with van der Waals surface area (Å²) in [5, 5.41) is 17.1. The van der Waals surface area contributed by atoms with Crippen molar-refractivity contribution in [2.24, 2.45) is 10.9 Å². The number of carbonyl (C=O) groups excluding carboxylic acids is 1. The highest BCUT2D eigenvalue weighted by Crippen LogP contribution is 2.01. The fourth-order valence-corrected chi connectivity index (χ4v) is 1.34. The number of oxime groups is 1. The minimum atomic E-state index is -0.0257. The predicted octanol–water partition coefficient (Wildman–Crippen LogP) is -0.598. The van der Waals surface area contributed by atoms with Crippen LogP contribution in [0.4, 0.5) is 0 Å². The molecule has 0 aromatic carbocycles. The first kappa shape index (κ1) is 13.9. The molecule has 1 rings (SSSR count). The Balaban J connectivity index is 2.45. The summed E-state index contributed by atoms with van der Waals surface area (Å²) in [5.41, 5.74) is 6.81. The van der Waals surface area contributed by atoms with E-state index in [2.05, 4.69) is 20.8 Å². The van der Waals surface area contributed by atoms with Crippen molar-refractivity contribution < 1.29 is 10.0 Å². The predicted molar refractivity (Wildman–Crippen MR) is 67.1 cm³/mol. The van der Waals surface area contributed by atoms with Crippen LogP contribution in [0.15, 0.2) is 23.5 Å². The van der Waals surface area contributed by atoms with Crippen LogP contribution in [0.25, 0.3) is 0 Å². The van der Waals surface area contributed by atoms with E-state index in [0.29, 0.717) is 25.2 Å². The van der Waals surface area contributed by atoms with Crippen molar-refractivity contribution in [2.45, 2.75) is 13.0 Å². The number of nitrogens with zero attached hydrogens (tertiary/aromatic N) is 2. The topological polar surface area (TPSA) is 113 Å². The van der Waals surface area contributed by atoms with Gasteiger partial charge in [0.15, 0.2) is 5.84 Å². The zero-order valence-corrected chi connectivity index (χ0v) is 10.2. The Morgan fingerprint density at radius 1 is 1.61 bits per heavy atom. The summed E-state index contributed by atoms with van der Waals surface area (Å²) >= 11 is 0. The number of amidine groups is 1. The van der Waals surface area contributed by atoms with Crippen molar-refractivity contribution in [3.05, 3.63) is 29.6 Å². The lowest BCUT2D eigenvalue weighted by Gasteiger charge is -2.05. The van der Waals surface area contributed by atoms with Gasteiger partial charge < -0.3 is 21.6 Å². The molecule has 1 aromatic rings. The molecule has 98 valence electrons. The Morgan fingerprint density at radius 3 is 3.06 bits per heavy atom. The normalized spacial score (nSPS) is 11.3. The summed E-state index contributed by atoms with van der Waals surface area (Å²) < 4.78 is 0. The Labute approximate surface area is 105 Å². The van der Waals surface area contributed by atoms with Gasteiger partial charge in [-0.2, -0.15) is 0 Å². The second kappa shape index (κ2) is 7.23. The van der Waals surface area contributed by atoms with Crippen LogP contribution in [0, 0.1) is 0 Å². The maximum Gasteiger partial charge on any atom is 0.221 e. The van der Waals surface area contributed by atoms with Gasteiger partial charge in [0.1, 0.15) is 5.69 Å². The first-order valence-corrected chi connectivity index (χ1v) is 5.51. The molecule has 0 unspecified atom stereocenters. The molecule has 0 saturated heterocycles. The first-order chi connectivity index (χ1) is 8.67. The molecule has 0 fully saturated rings. The number of nitrogens with two attached hydrogens (primary N) is 1. The smallest absolute Gasteiger partial charge is 0.221 e. The highest BCUT2D eigenvalue weighted by molar-refractivity contribution is 5.95. The highest BCUT2D eigenvalue weighted by Gasteiger charge is 2.02. The van der Waals surface area contributed by atoms with E-state index in [0.717, 1.165) is 5.56 Å². The maximum absolute atomic E-state index is 11.0. The van der Waals surface area contributed by atoms with Gasteiger partial charge in [-0.05, 0) is 17.7 Å². The molecular formula is C11H17N5O2. The SMILES string of the molecule is CNC(=O)CCNCc1ccnc(C(N)=NO)c1. The minimum Gasteiger partial charge on any atom is -0.409 e. The molecule has 0 aliphatic rings.